The molecule has 0 bridgehead atoms. The van der Waals surface area contributed by atoms with Crippen molar-refractivity contribution in [2.24, 2.45) is 7.05 Å². The Morgan fingerprint density at radius 2 is 1.95 bits per heavy atom. The molecule has 0 aliphatic carbocycles. The molecule has 3 rings (SSSR count). The lowest BCUT2D eigenvalue weighted by Crippen LogP contribution is -2.04. The molecule has 0 saturated heterocycles. The zero-order valence-electron chi connectivity index (χ0n) is 9.99. The van der Waals surface area contributed by atoms with Crippen LogP contribution in [0.4, 0.5) is 13.2 Å². The maximum atomic E-state index is 12.6. The van der Waals surface area contributed by atoms with Crippen molar-refractivity contribution in [2.45, 2.75) is 6.18 Å². The van der Waals surface area contributed by atoms with Gasteiger partial charge in [-0.2, -0.15) is 18.3 Å². The van der Waals surface area contributed by atoms with E-state index in [2.05, 4.69) is 5.10 Å². The summed E-state index contributed by atoms with van der Waals surface area (Å²) in [4.78, 5) is 0. The van der Waals surface area contributed by atoms with Crippen LogP contribution in [0.1, 0.15) is 5.69 Å². The van der Waals surface area contributed by atoms with Gasteiger partial charge in [0, 0.05) is 29.7 Å². The molecule has 0 spiro atoms. The maximum absolute atomic E-state index is 12.6. The minimum absolute atomic E-state index is 0.295. The lowest BCUT2D eigenvalue weighted by Gasteiger charge is -1.99. The predicted molar refractivity (Wildman–Crippen MR) is 65.5 cm³/mol. The fraction of sp³-hybridized carbons (Fsp3) is 0.154. The Morgan fingerprint density at radius 3 is 2.63 bits per heavy atom. The topological polar surface area (TPSA) is 33.6 Å². The Balaban J connectivity index is 2.17. The second-order valence-corrected chi connectivity index (χ2v) is 4.34. The monoisotopic (exact) mass is 265 g/mol. The molecule has 1 N–H and O–H groups in total. The highest BCUT2D eigenvalue weighted by Crippen LogP contribution is 2.33. The number of aromatic amines is 1. The molecule has 3 nitrogen and oxygen atoms in total. The van der Waals surface area contributed by atoms with Crippen LogP contribution in [-0.4, -0.2) is 14.8 Å². The number of H-pyrrole nitrogens is 1. The summed E-state index contributed by atoms with van der Waals surface area (Å²) in [7, 11) is 1.85. The summed E-state index contributed by atoms with van der Waals surface area (Å²) in [5.41, 5.74) is 1.10. The van der Waals surface area contributed by atoms with Crippen LogP contribution in [-0.2, 0) is 13.2 Å². The van der Waals surface area contributed by atoms with Crippen LogP contribution < -0.4 is 0 Å². The number of aromatic nitrogens is 3. The van der Waals surface area contributed by atoms with E-state index in [1.807, 2.05) is 41.0 Å². The lowest BCUT2D eigenvalue weighted by atomic mass is 10.1. The van der Waals surface area contributed by atoms with Gasteiger partial charge >= 0.3 is 6.18 Å². The van der Waals surface area contributed by atoms with Crippen LogP contribution in [0.15, 0.2) is 36.5 Å². The van der Waals surface area contributed by atoms with E-state index in [4.69, 9.17) is 0 Å². The average Bonchev–Trinajstić information content (AvgIpc) is 2.94. The molecule has 0 atom stereocenters. The number of halogens is 3. The maximum Gasteiger partial charge on any atom is 0.432 e. The normalized spacial score (nSPS) is 12.2. The van der Waals surface area contributed by atoms with Crippen LogP contribution in [0.2, 0.25) is 0 Å². The zero-order chi connectivity index (χ0) is 13.6. The molecular formula is C13H10F3N3. The third kappa shape index (κ3) is 1.89. The number of nitrogens with one attached hydrogen (secondary N) is 1. The van der Waals surface area contributed by atoms with E-state index in [9.17, 15) is 13.2 Å². The van der Waals surface area contributed by atoms with E-state index in [0.717, 1.165) is 17.0 Å². The van der Waals surface area contributed by atoms with E-state index in [-0.39, 0.29) is 0 Å². The van der Waals surface area contributed by atoms with Crippen molar-refractivity contribution in [1.29, 1.82) is 0 Å². The van der Waals surface area contributed by atoms with E-state index in [1.165, 1.54) is 0 Å². The Kier molecular flexibility index (Phi) is 2.41. The SMILES string of the molecule is Cn1cc(-c2cc(C(F)(F)F)[nH]n2)c2ccccc21. The number of para-hydroxylation sites is 1. The molecular weight excluding hydrogens is 255 g/mol. The summed E-state index contributed by atoms with van der Waals surface area (Å²) < 4.78 is 39.5. The molecule has 2 heterocycles. The minimum atomic E-state index is -4.41. The van der Waals surface area contributed by atoms with Crippen LogP contribution >= 0.6 is 0 Å². The van der Waals surface area contributed by atoms with E-state index in [1.54, 1.807) is 6.20 Å². The highest BCUT2D eigenvalue weighted by atomic mass is 19.4. The molecule has 6 heteroatoms. The molecule has 3 aromatic rings. The van der Waals surface area contributed by atoms with Crippen molar-refractivity contribution < 1.29 is 13.2 Å². The van der Waals surface area contributed by atoms with Gasteiger partial charge in [-0.25, -0.2) is 0 Å². The number of hydrogen-bond acceptors (Lipinski definition) is 1. The van der Waals surface area contributed by atoms with Crippen molar-refractivity contribution >= 4 is 10.9 Å². The van der Waals surface area contributed by atoms with Crippen LogP contribution in [0.3, 0.4) is 0 Å². The van der Waals surface area contributed by atoms with E-state index >= 15 is 0 Å². The molecule has 0 unspecified atom stereocenters. The molecule has 0 radical (unpaired) electrons. The van der Waals surface area contributed by atoms with Gasteiger partial charge < -0.3 is 4.57 Å². The number of nitrogens with zero attached hydrogens (tertiary/aromatic N) is 2. The van der Waals surface area contributed by atoms with Crippen LogP contribution in [0, 0.1) is 0 Å². The van der Waals surface area contributed by atoms with Gasteiger partial charge in [0.1, 0.15) is 5.69 Å². The number of hydrogen-bond donors (Lipinski definition) is 1. The van der Waals surface area contributed by atoms with Gasteiger partial charge in [-0.15, -0.1) is 0 Å². The second kappa shape index (κ2) is 3.88. The number of rotatable bonds is 1. The first-order valence-electron chi connectivity index (χ1n) is 5.64. The molecule has 2 aromatic heterocycles. The molecule has 19 heavy (non-hydrogen) atoms. The molecule has 0 fully saturated rings. The van der Waals surface area contributed by atoms with Gasteiger partial charge in [0.25, 0.3) is 0 Å². The Bertz CT molecular complexity index is 737. The number of alkyl halides is 3. The molecule has 0 aliphatic heterocycles. The van der Waals surface area contributed by atoms with Gasteiger partial charge in [-0.1, -0.05) is 18.2 Å². The summed E-state index contributed by atoms with van der Waals surface area (Å²) in [5, 5.41) is 6.67. The van der Waals surface area contributed by atoms with E-state index in [0.29, 0.717) is 11.3 Å². The van der Waals surface area contributed by atoms with Crippen molar-refractivity contribution in [3.8, 4) is 11.3 Å². The average molecular weight is 265 g/mol. The fourth-order valence-corrected chi connectivity index (χ4v) is 2.15. The van der Waals surface area contributed by atoms with Crippen molar-refractivity contribution in [1.82, 2.24) is 14.8 Å². The fourth-order valence-electron chi connectivity index (χ4n) is 2.15. The third-order valence-electron chi connectivity index (χ3n) is 3.06. The van der Waals surface area contributed by atoms with Gasteiger partial charge in [0.05, 0.1) is 5.69 Å². The van der Waals surface area contributed by atoms with Gasteiger partial charge in [0.15, 0.2) is 0 Å². The van der Waals surface area contributed by atoms with E-state index < -0.39 is 11.9 Å². The number of benzene rings is 1. The predicted octanol–water partition coefficient (Wildman–Crippen LogP) is 3.59. The standard InChI is InChI=1S/C13H10F3N3/c1-19-7-9(8-4-2-3-5-11(8)19)10-6-12(18-17-10)13(14,15)16/h2-7H,1H3,(H,17,18). The van der Waals surface area contributed by atoms with Crippen molar-refractivity contribution in [3.63, 3.8) is 0 Å². The molecule has 98 valence electrons. The highest BCUT2D eigenvalue weighted by Gasteiger charge is 2.33. The molecule has 0 saturated carbocycles. The summed E-state index contributed by atoms with van der Waals surface area (Å²) in [6, 6.07) is 8.55. The summed E-state index contributed by atoms with van der Waals surface area (Å²) in [6.45, 7) is 0. The van der Waals surface area contributed by atoms with Crippen LogP contribution in [0.25, 0.3) is 22.2 Å². The van der Waals surface area contributed by atoms with Crippen molar-refractivity contribution in [2.75, 3.05) is 0 Å². The summed E-state index contributed by atoms with van der Waals surface area (Å²) in [5.74, 6) is 0. The first-order valence-corrected chi connectivity index (χ1v) is 5.64. The first kappa shape index (κ1) is 11.8. The lowest BCUT2D eigenvalue weighted by molar-refractivity contribution is -0.141. The number of fused-ring (bicyclic) bond motifs is 1. The Hall–Kier alpha value is -2.24. The quantitative estimate of drug-likeness (QED) is 0.716. The Labute approximate surface area is 106 Å². The molecule has 1 aromatic carbocycles. The second-order valence-electron chi connectivity index (χ2n) is 4.34. The highest BCUT2D eigenvalue weighted by molar-refractivity contribution is 5.95. The summed E-state index contributed by atoms with van der Waals surface area (Å²) in [6.07, 6.45) is -2.63. The van der Waals surface area contributed by atoms with Gasteiger partial charge in [0.2, 0.25) is 0 Å². The first-order chi connectivity index (χ1) is 8.97. The van der Waals surface area contributed by atoms with Crippen molar-refractivity contribution in [3.05, 3.63) is 42.2 Å². The van der Waals surface area contributed by atoms with Gasteiger partial charge in [-0.3, -0.25) is 5.10 Å². The third-order valence-corrected chi connectivity index (χ3v) is 3.06. The van der Waals surface area contributed by atoms with Crippen LogP contribution in [0.5, 0.6) is 0 Å². The number of aryl methyl sites for hydroxylation is 1. The Morgan fingerprint density at radius 1 is 1.21 bits per heavy atom. The summed E-state index contributed by atoms with van der Waals surface area (Å²) >= 11 is 0. The minimum Gasteiger partial charge on any atom is -0.350 e. The molecule has 0 amide bonds. The van der Waals surface area contributed by atoms with Gasteiger partial charge in [-0.05, 0) is 12.1 Å². The zero-order valence-corrected chi connectivity index (χ0v) is 9.99. The smallest absolute Gasteiger partial charge is 0.350 e. The molecule has 0 aliphatic rings. The largest absolute Gasteiger partial charge is 0.432 e.